The van der Waals surface area contributed by atoms with E-state index in [0.29, 0.717) is 5.41 Å². The van der Waals surface area contributed by atoms with Gasteiger partial charge in [0, 0.05) is 18.6 Å². The Labute approximate surface area is 103 Å². The van der Waals surface area contributed by atoms with Crippen LogP contribution in [0.15, 0.2) is 36.9 Å². The maximum Gasteiger partial charge on any atom is 0.0674 e. The Kier molecular flexibility index (Phi) is 3.27. The normalized spacial score (nSPS) is 11.7. The molecule has 3 nitrogen and oxygen atoms in total. The summed E-state index contributed by atoms with van der Waals surface area (Å²) >= 11 is 0. The molecule has 17 heavy (non-hydrogen) atoms. The molecule has 0 bridgehead atoms. The minimum absolute atomic E-state index is 0.308. The van der Waals surface area contributed by atoms with Crippen LogP contribution in [0.5, 0.6) is 0 Å². The Morgan fingerprint density at radius 2 is 2.00 bits per heavy atom. The smallest absolute Gasteiger partial charge is 0.0674 e. The third-order valence-corrected chi connectivity index (χ3v) is 2.49. The highest BCUT2D eigenvalue weighted by molar-refractivity contribution is 5.11. The summed E-state index contributed by atoms with van der Waals surface area (Å²) in [5, 5.41) is 4.38. The van der Waals surface area contributed by atoms with Gasteiger partial charge < -0.3 is 0 Å². The molecule has 0 aliphatic carbocycles. The van der Waals surface area contributed by atoms with Crippen LogP contribution in [0.3, 0.4) is 0 Å². The first kappa shape index (κ1) is 11.8. The molecule has 0 aliphatic heterocycles. The number of hydrogen-bond donors (Lipinski definition) is 0. The summed E-state index contributed by atoms with van der Waals surface area (Å²) in [7, 11) is 0. The standard InChI is InChI=1S/C14H19N3/c1-14(2,3)7-13-9-16-17(11-13)10-12-5-4-6-15-8-12/h4-6,8-9,11H,7,10H2,1-3H3. The van der Waals surface area contributed by atoms with E-state index < -0.39 is 0 Å². The predicted octanol–water partition coefficient (Wildman–Crippen LogP) is 2.92. The van der Waals surface area contributed by atoms with Gasteiger partial charge in [-0.1, -0.05) is 26.8 Å². The average molecular weight is 229 g/mol. The summed E-state index contributed by atoms with van der Waals surface area (Å²) in [5.41, 5.74) is 2.78. The van der Waals surface area contributed by atoms with Gasteiger partial charge in [0.2, 0.25) is 0 Å². The van der Waals surface area contributed by atoms with Crippen molar-refractivity contribution in [3.8, 4) is 0 Å². The molecule has 0 N–H and O–H groups in total. The van der Waals surface area contributed by atoms with Crippen molar-refractivity contribution >= 4 is 0 Å². The summed E-state index contributed by atoms with van der Waals surface area (Å²) < 4.78 is 1.97. The molecular formula is C14H19N3. The summed E-state index contributed by atoms with van der Waals surface area (Å²) in [6.45, 7) is 7.51. The lowest BCUT2D eigenvalue weighted by Gasteiger charge is -2.16. The first-order chi connectivity index (χ1) is 8.03. The molecule has 2 aromatic rings. The van der Waals surface area contributed by atoms with E-state index in [4.69, 9.17) is 0 Å². The van der Waals surface area contributed by atoms with Crippen LogP contribution < -0.4 is 0 Å². The van der Waals surface area contributed by atoms with E-state index in [1.54, 1.807) is 6.20 Å². The Bertz CT molecular complexity index is 466. The van der Waals surface area contributed by atoms with Gasteiger partial charge in [0.1, 0.15) is 0 Å². The molecule has 2 rings (SSSR count). The Balaban J connectivity index is 2.04. The van der Waals surface area contributed by atoms with E-state index in [1.165, 1.54) is 11.1 Å². The molecule has 0 saturated heterocycles. The van der Waals surface area contributed by atoms with Crippen LogP contribution in [0.2, 0.25) is 0 Å². The maximum absolute atomic E-state index is 4.38. The monoisotopic (exact) mass is 229 g/mol. The highest BCUT2D eigenvalue weighted by Gasteiger charge is 2.12. The van der Waals surface area contributed by atoms with Crippen molar-refractivity contribution in [2.45, 2.75) is 33.7 Å². The van der Waals surface area contributed by atoms with Crippen molar-refractivity contribution in [2.24, 2.45) is 5.41 Å². The highest BCUT2D eigenvalue weighted by Crippen LogP contribution is 2.20. The average Bonchev–Trinajstić information content (AvgIpc) is 2.64. The molecule has 90 valence electrons. The van der Waals surface area contributed by atoms with Gasteiger partial charge in [0.05, 0.1) is 12.7 Å². The summed E-state index contributed by atoms with van der Waals surface area (Å²) in [4.78, 5) is 4.11. The minimum Gasteiger partial charge on any atom is -0.268 e. The van der Waals surface area contributed by atoms with Crippen LogP contribution in [0.25, 0.3) is 0 Å². The van der Waals surface area contributed by atoms with Gasteiger partial charge in [-0.25, -0.2) is 0 Å². The number of aromatic nitrogens is 3. The van der Waals surface area contributed by atoms with Gasteiger partial charge in [0.25, 0.3) is 0 Å². The van der Waals surface area contributed by atoms with Crippen LogP contribution in [0.4, 0.5) is 0 Å². The van der Waals surface area contributed by atoms with Crippen LogP contribution in [-0.4, -0.2) is 14.8 Å². The molecule has 0 fully saturated rings. The quantitative estimate of drug-likeness (QED) is 0.810. The molecule has 0 aliphatic rings. The minimum atomic E-state index is 0.308. The van der Waals surface area contributed by atoms with Crippen molar-refractivity contribution < 1.29 is 0 Å². The maximum atomic E-state index is 4.38. The van der Waals surface area contributed by atoms with Crippen molar-refractivity contribution in [3.63, 3.8) is 0 Å². The van der Waals surface area contributed by atoms with Crippen molar-refractivity contribution in [3.05, 3.63) is 48.0 Å². The van der Waals surface area contributed by atoms with Crippen LogP contribution in [0.1, 0.15) is 31.9 Å². The Morgan fingerprint density at radius 3 is 2.65 bits per heavy atom. The van der Waals surface area contributed by atoms with Gasteiger partial charge in [0.15, 0.2) is 0 Å². The molecule has 3 heteroatoms. The zero-order chi connectivity index (χ0) is 12.3. The SMILES string of the molecule is CC(C)(C)Cc1cnn(Cc2cccnc2)c1. The molecule has 2 heterocycles. The topological polar surface area (TPSA) is 30.7 Å². The summed E-state index contributed by atoms with van der Waals surface area (Å²) in [6, 6.07) is 4.02. The lowest BCUT2D eigenvalue weighted by atomic mass is 9.89. The first-order valence-corrected chi connectivity index (χ1v) is 5.93. The second-order valence-electron chi connectivity index (χ2n) is 5.64. The van der Waals surface area contributed by atoms with Crippen LogP contribution >= 0.6 is 0 Å². The van der Waals surface area contributed by atoms with Gasteiger partial charge in [-0.15, -0.1) is 0 Å². The molecule has 0 atom stereocenters. The molecule has 0 unspecified atom stereocenters. The number of nitrogens with zero attached hydrogens (tertiary/aromatic N) is 3. The van der Waals surface area contributed by atoms with Crippen molar-refractivity contribution in [1.29, 1.82) is 0 Å². The second-order valence-corrected chi connectivity index (χ2v) is 5.64. The van der Waals surface area contributed by atoms with Crippen molar-refractivity contribution in [2.75, 3.05) is 0 Å². The number of hydrogen-bond acceptors (Lipinski definition) is 2. The number of rotatable bonds is 3. The Morgan fingerprint density at radius 1 is 1.18 bits per heavy atom. The molecule has 0 saturated carbocycles. The van der Waals surface area contributed by atoms with Gasteiger partial charge in [-0.3, -0.25) is 9.67 Å². The highest BCUT2D eigenvalue weighted by atomic mass is 15.3. The third kappa shape index (κ3) is 3.70. The summed E-state index contributed by atoms with van der Waals surface area (Å²) in [6.07, 6.45) is 8.81. The molecule has 0 aromatic carbocycles. The van der Waals surface area contributed by atoms with E-state index in [0.717, 1.165) is 13.0 Å². The van der Waals surface area contributed by atoms with Gasteiger partial charge in [-0.05, 0) is 29.0 Å². The fraction of sp³-hybridized carbons (Fsp3) is 0.429. The molecule has 0 spiro atoms. The van der Waals surface area contributed by atoms with E-state index in [2.05, 4.69) is 43.1 Å². The molecule has 0 amide bonds. The van der Waals surface area contributed by atoms with Crippen LogP contribution in [-0.2, 0) is 13.0 Å². The fourth-order valence-corrected chi connectivity index (χ4v) is 1.88. The molecule has 0 radical (unpaired) electrons. The van der Waals surface area contributed by atoms with Crippen molar-refractivity contribution in [1.82, 2.24) is 14.8 Å². The largest absolute Gasteiger partial charge is 0.268 e. The van der Waals surface area contributed by atoms with Crippen LogP contribution in [0, 0.1) is 5.41 Å². The lowest BCUT2D eigenvalue weighted by molar-refractivity contribution is 0.411. The molecular weight excluding hydrogens is 210 g/mol. The predicted molar refractivity (Wildman–Crippen MR) is 68.7 cm³/mol. The zero-order valence-electron chi connectivity index (χ0n) is 10.7. The van der Waals surface area contributed by atoms with E-state index in [1.807, 2.05) is 23.1 Å². The first-order valence-electron chi connectivity index (χ1n) is 5.93. The van der Waals surface area contributed by atoms with E-state index >= 15 is 0 Å². The van der Waals surface area contributed by atoms with Gasteiger partial charge >= 0.3 is 0 Å². The number of pyridine rings is 1. The lowest BCUT2D eigenvalue weighted by Crippen LogP contribution is -2.08. The summed E-state index contributed by atoms with van der Waals surface area (Å²) in [5.74, 6) is 0. The fourth-order valence-electron chi connectivity index (χ4n) is 1.88. The van der Waals surface area contributed by atoms with E-state index in [9.17, 15) is 0 Å². The van der Waals surface area contributed by atoms with Gasteiger partial charge in [-0.2, -0.15) is 5.10 Å². The molecule has 2 aromatic heterocycles. The van der Waals surface area contributed by atoms with E-state index in [-0.39, 0.29) is 0 Å². The Hall–Kier alpha value is -1.64. The second kappa shape index (κ2) is 4.70. The zero-order valence-corrected chi connectivity index (χ0v) is 10.7. The third-order valence-electron chi connectivity index (χ3n) is 2.49.